The van der Waals surface area contributed by atoms with Crippen LogP contribution >= 0.6 is 15.9 Å². The summed E-state index contributed by atoms with van der Waals surface area (Å²) in [5.74, 6) is 0. The largest absolute Gasteiger partial charge is 0.358 e. The zero-order valence-corrected chi connectivity index (χ0v) is 13.6. The Bertz CT molecular complexity index is 570. The quantitative estimate of drug-likeness (QED) is 0.927. The standard InChI is InChI=1S/C16H22BrN3/c1-19-7-9-20(10-8-19)6-2-3-15-12-13-11-14(17)4-5-16(13)18-15/h4-5,11-12,18H,2-3,6-10H2,1H3. The average molecular weight is 336 g/mol. The molecule has 0 amide bonds. The highest BCUT2D eigenvalue weighted by atomic mass is 79.9. The summed E-state index contributed by atoms with van der Waals surface area (Å²) in [6.07, 6.45) is 2.37. The van der Waals surface area contributed by atoms with Crippen molar-refractivity contribution in [1.29, 1.82) is 0 Å². The Hall–Kier alpha value is -0.840. The van der Waals surface area contributed by atoms with Crippen molar-refractivity contribution in [3.63, 3.8) is 0 Å². The predicted molar refractivity (Wildman–Crippen MR) is 88.3 cm³/mol. The van der Waals surface area contributed by atoms with Crippen LogP contribution in [0.15, 0.2) is 28.7 Å². The average Bonchev–Trinajstić information content (AvgIpc) is 2.83. The maximum absolute atomic E-state index is 3.53. The van der Waals surface area contributed by atoms with Crippen LogP contribution in [0.25, 0.3) is 10.9 Å². The number of hydrogen-bond donors (Lipinski definition) is 1. The lowest BCUT2D eigenvalue weighted by molar-refractivity contribution is 0.153. The van der Waals surface area contributed by atoms with Crippen LogP contribution in [0.3, 0.4) is 0 Å². The smallest absolute Gasteiger partial charge is 0.0456 e. The van der Waals surface area contributed by atoms with Crippen LogP contribution in [-0.2, 0) is 6.42 Å². The Labute approximate surface area is 129 Å². The van der Waals surface area contributed by atoms with Gasteiger partial charge in [-0.1, -0.05) is 15.9 Å². The summed E-state index contributed by atoms with van der Waals surface area (Å²) in [5.41, 5.74) is 2.59. The fourth-order valence-electron chi connectivity index (χ4n) is 2.86. The zero-order valence-electron chi connectivity index (χ0n) is 12.0. The molecule has 4 heteroatoms. The summed E-state index contributed by atoms with van der Waals surface area (Å²) >= 11 is 3.53. The van der Waals surface area contributed by atoms with Crippen LogP contribution in [0.1, 0.15) is 12.1 Å². The van der Waals surface area contributed by atoms with Gasteiger partial charge >= 0.3 is 0 Å². The third-order valence-corrected chi connectivity index (χ3v) is 4.65. The lowest BCUT2D eigenvalue weighted by Crippen LogP contribution is -2.44. The van der Waals surface area contributed by atoms with E-state index in [1.54, 1.807) is 0 Å². The molecule has 2 aromatic rings. The van der Waals surface area contributed by atoms with Gasteiger partial charge in [0.15, 0.2) is 0 Å². The highest BCUT2D eigenvalue weighted by molar-refractivity contribution is 9.10. The first kappa shape index (κ1) is 14.1. The number of benzene rings is 1. The molecule has 0 atom stereocenters. The lowest BCUT2D eigenvalue weighted by Gasteiger charge is -2.32. The number of nitrogens with zero attached hydrogens (tertiary/aromatic N) is 2. The SMILES string of the molecule is CN1CCN(CCCc2cc3cc(Br)ccc3[nH]2)CC1. The molecule has 0 unspecified atom stereocenters. The van der Waals surface area contributed by atoms with Gasteiger partial charge in [0.25, 0.3) is 0 Å². The number of aromatic amines is 1. The number of piperazine rings is 1. The molecule has 108 valence electrons. The van der Waals surface area contributed by atoms with E-state index in [4.69, 9.17) is 0 Å². The molecule has 20 heavy (non-hydrogen) atoms. The molecule has 1 aliphatic heterocycles. The molecule has 3 rings (SSSR count). The topological polar surface area (TPSA) is 22.3 Å². The van der Waals surface area contributed by atoms with Crippen LogP contribution in [-0.4, -0.2) is 54.6 Å². The fourth-order valence-corrected chi connectivity index (χ4v) is 3.24. The van der Waals surface area contributed by atoms with Gasteiger partial charge in [0.1, 0.15) is 0 Å². The molecule has 0 saturated carbocycles. The number of fused-ring (bicyclic) bond motifs is 1. The second-order valence-electron chi connectivity index (χ2n) is 5.77. The molecule has 0 bridgehead atoms. The Balaban J connectivity index is 1.52. The van der Waals surface area contributed by atoms with Gasteiger partial charge in [0.05, 0.1) is 0 Å². The Morgan fingerprint density at radius 2 is 1.95 bits per heavy atom. The molecule has 1 saturated heterocycles. The minimum absolute atomic E-state index is 1.14. The number of nitrogens with one attached hydrogen (secondary N) is 1. The number of hydrogen-bond acceptors (Lipinski definition) is 2. The van der Waals surface area contributed by atoms with Crippen LogP contribution in [0.2, 0.25) is 0 Å². The number of H-pyrrole nitrogens is 1. The van der Waals surface area contributed by atoms with E-state index in [1.807, 2.05) is 0 Å². The van der Waals surface area contributed by atoms with Gasteiger partial charge in [-0.25, -0.2) is 0 Å². The number of halogens is 1. The molecule has 1 aromatic carbocycles. The van der Waals surface area contributed by atoms with Crippen LogP contribution in [0.4, 0.5) is 0 Å². The van der Waals surface area contributed by atoms with Crippen molar-refractivity contribution in [1.82, 2.24) is 14.8 Å². The van der Waals surface area contributed by atoms with Crippen LogP contribution in [0.5, 0.6) is 0 Å². The molecule has 1 fully saturated rings. The third-order valence-electron chi connectivity index (χ3n) is 4.15. The molecular formula is C16H22BrN3. The van der Waals surface area contributed by atoms with Crippen LogP contribution < -0.4 is 0 Å². The van der Waals surface area contributed by atoms with Crippen molar-refractivity contribution in [2.45, 2.75) is 12.8 Å². The number of aromatic nitrogens is 1. The van der Waals surface area contributed by atoms with Gasteiger partial charge in [-0.2, -0.15) is 0 Å². The molecule has 0 spiro atoms. The summed E-state index contributed by atoms with van der Waals surface area (Å²) < 4.78 is 1.15. The first-order valence-corrected chi connectivity index (χ1v) is 8.18. The van der Waals surface area contributed by atoms with Crippen molar-refractivity contribution in [2.75, 3.05) is 39.8 Å². The van der Waals surface area contributed by atoms with Crippen molar-refractivity contribution < 1.29 is 0 Å². The molecule has 3 nitrogen and oxygen atoms in total. The van der Waals surface area contributed by atoms with E-state index < -0.39 is 0 Å². The van der Waals surface area contributed by atoms with Crippen molar-refractivity contribution in [2.24, 2.45) is 0 Å². The minimum atomic E-state index is 1.14. The predicted octanol–water partition coefficient (Wildman–Crippen LogP) is 3.11. The summed E-state index contributed by atoms with van der Waals surface area (Å²) in [6.45, 7) is 6.07. The van der Waals surface area contributed by atoms with E-state index in [-0.39, 0.29) is 0 Å². The maximum Gasteiger partial charge on any atom is 0.0456 e. The second-order valence-corrected chi connectivity index (χ2v) is 6.69. The molecule has 0 aliphatic carbocycles. The minimum Gasteiger partial charge on any atom is -0.358 e. The molecule has 0 radical (unpaired) electrons. The van der Waals surface area contributed by atoms with E-state index in [9.17, 15) is 0 Å². The molecule has 1 N–H and O–H groups in total. The zero-order chi connectivity index (χ0) is 13.9. The number of rotatable bonds is 4. The number of likely N-dealkylation sites (N-methyl/N-ethyl adjacent to an activating group) is 1. The Kier molecular flexibility index (Phi) is 4.44. The van der Waals surface area contributed by atoms with Gasteiger partial charge in [0.2, 0.25) is 0 Å². The van der Waals surface area contributed by atoms with Crippen molar-refractivity contribution in [3.05, 3.63) is 34.4 Å². The summed E-state index contributed by atoms with van der Waals surface area (Å²) in [5, 5.41) is 1.30. The van der Waals surface area contributed by atoms with Gasteiger partial charge in [-0.15, -0.1) is 0 Å². The van der Waals surface area contributed by atoms with Crippen LogP contribution in [0, 0.1) is 0 Å². The van der Waals surface area contributed by atoms with Gasteiger partial charge in [-0.05, 0) is 50.7 Å². The van der Waals surface area contributed by atoms with E-state index in [2.05, 4.69) is 62.0 Å². The molecule has 2 heterocycles. The molecular weight excluding hydrogens is 314 g/mol. The summed E-state index contributed by atoms with van der Waals surface area (Å²) in [7, 11) is 2.21. The summed E-state index contributed by atoms with van der Waals surface area (Å²) in [4.78, 5) is 8.51. The van der Waals surface area contributed by atoms with E-state index in [1.165, 1.54) is 55.7 Å². The highest BCUT2D eigenvalue weighted by Crippen LogP contribution is 2.21. The van der Waals surface area contributed by atoms with E-state index >= 15 is 0 Å². The first-order chi connectivity index (χ1) is 9.70. The molecule has 1 aliphatic rings. The van der Waals surface area contributed by atoms with E-state index in [0.29, 0.717) is 0 Å². The Morgan fingerprint density at radius 1 is 1.15 bits per heavy atom. The lowest BCUT2D eigenvalue weighted by atomic mass is 10.2. The molecule has 1 aromatic heterocycles. The maximum atomic E-state index is 3.53. The second kappa shape index (κ2) is 6.29. The summed E-state index contributed by atoms with van der Waals surface area (Å²) in [6, 6.07) is 8.69. The van der Waals surface area contributed by atoms with Gasteiger partial charge in [0, 0.05) is 47.2 Å². The highest BCUT2D eigenvalue weighted by Gasteiger charge is 2.13. The normalized spacial score (nSPS) is 17.9. The third kappa shape index (κ3) is 3.43. The number of aryl methyl sites for hydroxylation is 1. The van der Waals surface area contributed by atoms with Gasteiger partial charge < -0.3 is 14.8 Å². The first-order valence-electron chi connectivity index (χ1n) is 7.39. The Morgan fingerprint density at radius 3 is 2.75 bits per heavy atom. The van der Waals surface area contributed by atoms with Crippen molar-refractivity contribution >= 4 is 26.8 Å². The monoisotopic (exact) mass is 335 g/mol. The van der Waals surface area contributed by atoms with Gasteiger partial charge in [-0.3, -0.25) is 0 Å². The van der Waals surface area contributed by atoms with Crippen molar-refractivity contribution in [3.8, 4) is 0 Å². The fraction of sp³-hybridized carbons (Fsp3) is 0.500. The van der Waals surface area contributed by atoms with E-state index in [0.717, 1.165) is 10.9 Å².